The molecule has 0 heterocycles. The van der Waals surface area contributed by atoms with Gasteiger partial charge in [0.15, 0.2) is 6.61 Å². The molecule has 1 amide bonds. The van der Waals surface area contributed by atoms with Crippen LogP contribution >= 0.6 is 0 Å². The van der Waals surface area contributed by atoms with Crippen LogP contribution in [-0.4, -0.2) is 50.2 Å². The van der Waals surface area contributed by atoms with Crippen molar-refractivity contribution in [3.05, 3.63) is 24.3 Å². The highest BCUT2D eigenvalue weighted by Crippen LogP contribution is 2.17. The largest absolute Gasteiger partial charge is 0.494 e. The van der Waals surface area contributed by atoms with Gasteiger partial charge in [0.1, 0.15) is 11.5 Å². The molecule has 0 radical (unpaired) electrons. The van der Waals surface area contributed by atoms with E-state index in [2.05, 4.69) is 24.1 Å². The number of benzene rings is 1. The van der Waals surface area contributed by atoms with Crippen molar-refractivity contribution >= 4 is 5.91 Å². The van der Waals surface area contributed by atoms with E-state index in [0.717, 1.165) is 31.8 Å². The third-order valence-electron chi connectivity index (χ3n) is 3.37. The summed E-state index contributed by atoms with van der Waals surface area (Å²) in [5, 5.41) is 2.87. The van der Waals surface area contributed by atoms with Gasteiger partial charge in [0.25, 0.3) is 5.91 Å². The molecule has 0 saturated heterocycles. The summed E-state index contributed by atoms with van der Waals surface area (Å²) in [5.41, 5.74) is 0. The SMILES string of the molecule is CCOc1ccc(OCC(=O)NCCCN(CC)CC)cc1. The topological polar surface area (TPSA) is 50.8 Å². The summed E-state index contributed by atoms with van der Waals surface area (Å²) < 4.78 is 10.8. The van der Waals surface area contributed by atoms with Crippen LogP contribution in [0.2, 0.25) is 0 Å². The Morgan fingerprint density at radius 2 is 1.64 bits per heavy atom. The predicted molar refractivity (Wildman–Crippen MR) is 88.5 cm³/mol. The summed E-state index contributed by atoms with van der Waals surface area (Å²) in [7, 11) is 0. The number of hydrogen-bond donors (Lipinski definition) is 1. The predicted octanol–water partition coefficient (Wildman–Crippen LogP) is 2.31. The molecule has 0 unspecified atom stereocenters. The van der Waals surface area contributed by atoms with E-state index < -0.39 is 0 Å². The molecular formula is C17H28N2O3. The van der Waals surface area contributed by atoms with Gasteiger partial charge in [-0.05, 0) is 57.2 Å². The molecule has 1 aromatic carbocycles. The van der Waals surface area contributed by atoms with Crippen LogP contribution in [0.1, 0.15) is 27.2 Å². The Morgan fingerprint density at radius 1 is 1.05 bits per heavy atom. The molecule has 1 N–H and O–H groups in total. The van der Waals surface area contributed by atoms with Crippen LogP contribution in [0.15, 0.2) is 24.3 Å². The first-order valence-electron chi connectivity index (χ1n) is 8.04. The minimum Gasteiger partial charge on any atom is -0.494 e. The minimum atomic E-state index is -0.0894. The fourth-order valence-electron chi connectivity index (χ4n) is 2.07. The third-order valence-corrected chi connectivity index (χ3v) is 3.37. The van der Waals surface area contributed by atoms with Crippen molar-refractivity contribution in [3.8, 4) is 11.5 Å². The first-order valence-corrected chi connectivity index (χ1v) is 8.04. The number of amides is 1. The van der Waals surface area contributed by atoms with Gasteiger partial charge in [-0.25, -0.2) is 0 Å². The Morgan fingerprint density at radius 3 is 2.18 bits per heavy atom. The van der Waals surface area contributed by atoms with E-state index in [9.17, 15) is 4.79 Å². The van der Waals surface area contributed by atoms with Crippen LogP contribution in [-0.2, 0) is 4.79 Å². The van der Waals surface area contributed by atoms with Crippen molar-refractivity contribution in [2.24, 2.45) is 0 Å². The van der Waals surface area contributed by atoms with E-state index in [0.29, 0.717) is 18.9 Å². The summed E-state index contributed by atoms with van der Waals surface area (Å²) in [6.45, 7) is 10.7. The lowest BCUT2D eigenvalue weighted by Crippen LogP contribution is -2.32. The van der Waals surface area contributed by atoms with Crippen LogP contribution in [0.25, 0.3) is 0 Å². The van der Waals surface area contributed by atoms with E-state index >= 15 is 0 Å². The number of ether oxygens (including phenoxy) is 2. The number of carbonyl (C=O) groups excluding carboxylic acids is 1. The number of rotatable bonds is 11. The Labute approximate surface area is 133 Å². The summed E-state index contributed by atoms with van der Waals surface area (Å²) >= 11 is 0. The minimum absolute atomic E-state index is 0.0409. The molecule has 0 bridgehead atoms. The number of hydrogen-bond acceptors (Lipinski definition) is 4. The molecule has 5 heteroatoms. The number of nitrogens with one attached hydrogen (secondary N) is 1. The van der Waals surface area contributed by atoms with Gasteiger partial charge >= 0.3 is 0 Å². The lowest BCUT2D eigenvalue weighted by molar-refractivity contribution is -0.123. The van der Waals surface area contributed by atoms with E-state index in [4.69, 9.17) is 9.47 Å². The highest BCUT2D eigenvalue weighted by atomic mass is 16.5. The van der Waals surface area contributed by atoms with Crippen molar-refractivity contribution in [1.29, 1.82) is 0 Å². The molecule has 0 saturated carbocycles. The van der Waals surface area contributed by atoms with Gasteiger partial charge in [0.05, 0.1) is 6.61 Å². The van der Waals surface area contributed by atoms with Crippen LogP contribution in [0.4, 0.5) is 0 Å². The summed E-state index contributed by atoms with van der Waals surface area (Å²) in [4.78, 5) is 14.0. The molecule has 0 atom stereocenters. The summed E-state index contributed by atoms with van der Waals surface area (Å²) in [5.74, 6) is 1.38. The molecule has 0 aliphatic heterocycles. The van der Waals surface area contributed by atoms with E-state index in [-0.39, 0.29) is 12.5 Å². The Hall–Kier alpha value is -1.75. The monoisotopic (exact) mass is 308 g/mol. The van der Waals surface area contributed by atoms with E-state index in [1.807, 2.05) is 19.1 Å². The Balaban J connectivity index is 2.17. The molecule has 22 heavy (non-hydrogen) atoms. The first-order chi connectivity index (χ1) is 10.7. The third kappa shape index (κ3) is 7.31. The second kappa shape index (κ2) is 10.9. The maximum Gasteiger partial charge on any atom is 0.257 e. The average molecular weight is 308 g/mol. The van der Waals surface area contributed by atoms with Crippen molar-refractivity contribution < 1.29 is 14.3 Å². The summed E-state index contributed by atoms with van der Waals surface area (Å²) in [6.07, 6.45) is 0.955. The molecule has 0 aliphatic rings. The van der Waals surface area contributed by atoms with Crippen LogP contribution in [0, 0.1) is 0 Å². The second-order valence-electron chi connectivity index (χ2n) is 4.92. The van der Waals surface area contributed by atoms with Gasteiger partial charge < -0.3 is 19.7 Å². The Bertz CT molecular complexity index is 416. The molecule has 0 fully saturated rings. The fourth-order valence-corrected chi connectivity index (χ4v) is 2.07. The molecule has 1 aromatic rings. The number of carbonyl (C=O) groups is 1. The van der Waals surface area contributed by atoms with Crippen LogP contribution < -0.4 is 14.8 Å². The van der Waals surface area contributed by atoms with Gasteiger partial charge in [-0.15, -0.1) is 0 Å². The zero-order chi connectivity index (χ0) is 16.2. The molecule has 124 valence electrons. The van der Waals surface area contributed by atoms with Gasteiger partial charge in [-0.2, -0.15) is 0 Å². The standard InChI is InChI=1S/C17H28N2O3/c1-4-19(5-2)13-7-12-18-17(20)14-22-16-10-8-15(9-11-16)21-6-3/h8-11H,4-7,12-14H2,1-3H3,(H,18,20). The first kappa shape index (κ1) is 18.3. The molecular weight excluding hydrogens is 280 g/mol. The van der Waals surface area contributed by atoms with Gasteiger partial charge in [0, 0.05) is 6.54 Å². The highest BCUT2D eigenvalue weighted by molar-refractivity contribution is 5.77. The van der Waals surface area contributed by atoms with Gasteiger partial charge in [0.2, 0.25) is 0 Å². The van der Waals surface area contributed by atoms with Crippen molar-refractivity contribution in [2.75, 3.05) is 39.4 Å². The smallest absolute Gasteiger partial charge is 0.257 e. The lowest BCUT2D eigenvalue weighted by Gasteiger charge is -2.17. The molecule has 0 aromatic heterocycles. The fraction of sp³-hybridized carbons (Fsp3) is 0.588. The zero-order valence-electron chi connectivity index (χ0n) is 13.9. The zero-order valence-corrected chi connectivity index (χ0v) is 13.9. The van der Waals surface area contributed by atoms with Gasteiger partial charge in [-0.3, -0.25) is 4.79 Å². The van der Waals surface area contributed by atoms with Crippen molar-refractivity contribution in [2.45, 2.75) is 27.2 Å². The maximum atomic E-state index is 11.7. The van der Waals surface area contributed by atoms with E-state index in [1.54, 1.807) is 12.1 Å². The maximum absolute atomic E-state index is 11.7. The van der Waals surface area contributed by atoms with Crippen LogP contribution in [0.3, 0.4) is 0 Å². The van der Waals surface area contributed by atoms with Gasteiger partial charge in [-0.1, -0.05) is 13.8 Å². The molecule has 0 aliphatic carbocycles. The lowest BCUT2D eigenvalue weighted by atomic mass is 10.3. The molecule has 1 rings (SSSR count). The van der Waals surface area contributed by atoms with Crippen LogP contribution in [0.5, 0.6) is 11.5 Å². The number of nitrogens with zero attached hydrogens (tertiary/aromatic N) is 1. The normalized spacial score (nSPS) is 10.5. The second-order valence-corrected chi connectivity index (χ2v) is 4.92. The highest BCUT2D eigenvalue weighted by Gasteiger charge is 2.03. The quantitative estimate of drug-likeness (QED) is 0.637. The Kier molecular flexibility index (Phi) is 9.07. The van der Waals surface area contributed by atoms with E-state index in [1.165, 1.54) is 0 Å². The van der Waals surface area contributed by atoms with Crippen molar-refractivity contribution in [1.82, 2.24) is 10.2 Å². The molecule has 5 nitrogen and oxygen atoms in total. The average Bonchev–Trinajstić information content (AvgIpc) is 2.54. The molecule has 0 spiro atoms. The van der Waals surface area contributed by atoms with Crippen molar-refractivity contribution in [3.63, 3.8) is 0 Å². The summed E-state index contributed by atoms with van der Waals surface area (Å²) in [6, 6.07) is 7.28.